The van der Waals surface area contributed by atoms with Crippen molar-refractivity contribution >= 4 is 15.9 Å². The summed E-state index contributed by atoms with van der Waals surface area (Å²) in [5.41, 5.74) is 0. The summed E-state index contributed by atoms with van der Waals surface area (Å²) in [7, 11) is 0. The Morgan fingerprint density at radius 3 is 2.93 bits per heavy atom. The van der Waals surface area contributed by atoms with Crippen molar-refractivity contribution in [2.24, 2.45) is 0 Å². The Labute approximate surface area is 100 Å². The minimum Gasteiger partial charge on any atom is -0.488 e. The normalized spacial score (nSPS) is 12.5. The van der Waals surface area contributed by atoms with E-state index in [2.05, 4.69) is 35.1 Å². The van der Waals surface area contributed by atoms with E-state index in [9.17, 15) is 0 Å². The topological polar surface area (TPSA) is 25.8 Å². The second-order valence-corrected chi connectivity index (χ2v) is 4.63. The van der Waals surface area contributed by atoms with Crippen LogP contribution in [0.3, 0.4) is 0 Å². The van der Waals surface area contributed by atoms with Crippen LogP contribution in [0.2, 0.25) is 0 Å². The number of quaternary nitrogens is 1. The van der Waals surface area contributed by atoms with Gasteiger partial charge in [0.2, 0.25) is 0 Å². The van der Waals surface area contributed by atoms with Gasteiger partial charge in [-0.2, -0.15) is 0 Å². The molecule has 0 fully saturated rings. The van der Waals surface area contributed by atoms with E-state index in [0.717, 1.165) is 23.4 Å². The predicted octanol–water partition coefficient (Wildman–Crippen LogP) is 2.19. The van der Waals surface area contributed by atoms with Crippen molar-refractivity contribution in [3.63, 3.8) is 0 Å². The van der Waals surface area contributed by atoms with Crippen LogP contribution in [0.1, 0.15) is 20.3 Å². The monoisotopic (exact) mass is 272 g/mol. The molecule has 0 aliphatic heterocycles. The van der Waals surface area contributed by atoms with Gasteiger partial charge in [-0.1, -0.05) is 28.9 Å². The van der Waals surface area contributed by atoms with E-state index in [1.54, 1.807) is 0 Å². The molecule has 0 unspecified atom stereocenters. The molecule has 0 radical (unpaired) electrons. The van der Waals surface area contributed by atoms with Gasteiger partial charge in [-0.25, -0.2) is 0 Å². The molecule has 0 aliphatic rings. The lowest BCUT2D eigenvalue weighted by Crippen LogP contribution is -2.90. The molecule has 0 saturated heterocycles. The summed E-state index contributed by atoms with van der Waals surface area (Å²) in [5, 5.41) is 2.32. The Morgan fingerprint density at radius 2 is 2.27 bits per heavy atom. The van der Waals surface area contributed by atoms with Gasteiger partial charge in [0, 0.05) is 4.47 Å². The fourth-order valence-corrected chi connectivity index (χ4v) is 1.63. The van der Waals surface area contributed by atoms with Gasteiger partial charge in [-0.3, -0.25) is 0 Å². The number of hydrogen-bond acceptors (Lipinski definition) is 1. The summed E-state index contributed by atoms with van der Waals surface area (Å²) in [4.78, 5) is 0. The van der Waals surface area contributed by atoms with E-state index < -0.39 is 0 Å². The lowest BCUT2D eigenvalue weighted by atomic mass is 10.3. The third-order valence-corrected chi connectivity index (χ3v) is 2.89. The van der Waals surface area contributed by atoms with Gasteiger partial charge in [0.15, 0.2) is 0 Å². The second kappa shape index (κ2) is 6.85. The Bertz CT molecular complexity index is 291. The predicted molar refractivity (Wildman–Crippen MR) is 66.2 cm³/mol. The number of nitrogens with two attached hydrogens (primary N) is 1. The summed E-state index contributed by atoms with van der Waals surface area (Å²) in [6.07, 6.45) is 1.21. The van der Waals surface area contributed by atoms with Crippen LogP contribution in [-0.2, 0) is 0 Å². The molecule has 0 amide bonds. The zero-order valence-corrected chi connectivity index (χ0v) is 11.0. The van der Waals surface area contributed by atoms with Gasteiger partial charge >= 0.3 is 0 Å². The first kappa shape index (κ1) is 12.5. The van der Waals surface area contributed by atoms with Crippen molar-refractivity contribution in [3.8, 4) is 5.75 Å². The van der Waals surface area contributed by atoms with Gasteiger partial charge in [-0.15, -0.1) is 0 Å². The molecule has 2 nitrogen and oxygen atoms in total. The van der Waals surface area contributed by atoms with Crippen molar-refractivity contribution < 1.29 is 10.1 Å². The summed E-state index contributed by atoms with van der Waals surface area (Å²) in [6, 6.07) is 8.64. The van der Waals surface area contributed by atoms with E-state index in [-0.39, 0.29) is 0 Å². The summed E-state index contributed by atoms with van der Waals surface area (Å²) in [5.74, 6) is 0.932. The molecule has 84 valence electrons. The van der Waals surface area contributed by atoms with Crippen LogP contribution in [0.4, 0.5) is 0 Å². The van der Waals surface area contributed by atoms with Gasteiger partial charge in [-0.05, 0) is 31.5 Å². The quantitative estimate of drug-likeness (QED) is 0.790. The minimum atomic E-state index is 0.691. The highest BCUT2D eigenvalue weighted by molar-refractivity contribution is 9.10. The second-order valence-electron chi connectivity index (χ2n) is 3.72. The average Bonchev–Trinajstić information content (AvgIpc) is 2.24. The summed E-state index contributed by atoms with van der Waals surface area (Å²) < 4.78 is 6.68. The lowest BCUT2D eigenvalue weighted by Gasteiger charge is -2.09. The maximum atomic E-state index is 5.62. The van der Waals surface area contributed by atoms with Gasteiger partial charge in [0.05, 0.1) is 6.04 Å². The molecular formula is C12H19BrNO+. The molecule has 0 spiro atoms. The fraction of sp³-hybridized carbons (Fsp3) is 0.500. The zero-order valence-electron chi connectivity index (χ0n) is 9.37. The van der Waals surface area contributed by atoms with E-state index >= 15 is 0 Å². The molecule has 1 aromatic rings. The van der Waals surface area contributed by atoms with Crippen LogP contribution in [-0.4, -0.2) is 19.2 Å². The number of halogens is 1. The van der Waals surface area contributed by atoms with E-state index in [4.69, 9.17) is 4.74 Å². The first-order valence-corrected chi connectivity index (χ1v) is 6.23. The van der Waals surface area contributed by atoms with Gasteiger partial charge < -0.3 is 10.1 Å². The highest BCUT2D eigenvalue weighted by Crippen LogP contribution is 2.17. The minimum absolute atomic E-state index is 0.691. The zero-order chi connectivity index (χ0) is 11.1. The van der Waals surface area contributed by atoms with Gasteiger partial charge in [0.1, 0.15) is 18.9 Å². The first-order valence-electron chi connectivity index (χ1n) is 5.44. The number of ether oxygens (including phenoxy) is 1. The highest BCUT2D eigenvalue weighted by atomic mass is 79.9. The molecule has 0 saturated carbocycles. The fourth-order valence-electron chi connectivity index (χ4n) is 1.25. The lowest BCUT2D eigenvalue weighted by molar-refractivity contribution is -0.686. The molecule has 1 atom stereocenters. The summed E-state index contributed by atoms with van der Waals surface area (Å²) in [6.45, 7) is 6.22. The smallest absolute Gasteiger partial charge is 0.137 e. The molecule has 1 rings (SSSR count). The molecule has 0 heterocycles. The van der Waals surface area contributed by atoms with Crippen LogP contribution in [0.15, 0.2) is 28.7 Å². The molecule has 0 aromatic heterocycles. The molecule has 2 N–H and O–H groups in total. The number of hydrogen-bond donors (Lipinski definition) is 1. The number of rotatable bonds is 6. The first-order chi connectivity index (χ1) is 7.22. The van der Waals surface area contributed by atoms with Crippen molar-refractivity contribution in [3.05, 3.63) is 28.7 Å². The van der Waals surface area contributed by atoms with Crippen molar-refractivity contribution in [2.75, 3.05) is 13.2 Å². The van der Waals surface area contributed by atoms with Crippen LogP contribution < -0.4 is 10.1 Å². The molecule has 3 heteroatoms. The maximum absolute atomic E-state index is 5.62. The Morgan fingerprint density at radius 1 is 1.47 bits per heavy atom. The van der Waals surface area contributed by atoms with Crippen molar-refractivity contribution in [1.29, 1.82) is 0 Å². The van der Waals surface area contributed by atoms with Gasteiger partial charge in [0.25, 0.3) is 0 Å². The third-order valence-electron chi connectivity index (χ3n) is 2.40. The maximum Gasteiger partial charge on any atom is 0.137 e. The number of benzene rings is 1. The van der Waals surface area contributed by atoms with E-state index in [1.807, 2.05) is 24.3 Å². The average molecular weight is 273 g/mol. The highest BCUT2D eigenvalue weighted by Gasteiger charge is 2.00. The van der Waals surface area contributed by atoms with Crippen molar-refractivity contribution in [2.45, 2.75) is 26.3 Å². The van der Waals surface area contributed by atoms with Crippen LogP contribution in [0, 0.1) is 0 Å². The summed E-state index contributed by atoms with van der Waals surface area (Å²) >= 11 is 3.42. The van der Waals surface area contributed by atoms with Crippen molar-refractivity contribution in [1.82, 2.24) is 0 Å². The Balaban J connectivity index is 2.20. The van der Waals surface area contributed by atoms with E-state index in [0.29, 0.717) is 6.04 Å². The van der Waals surface area contributed by atoms with E-state index in [1.165, 1.54) is 6.42 Å². The standard InChI is InChI=1S/C12H18BrNO/c1-3-10(2)14-7-8-15-12-6-4-5-11(13)9-12/h4-6,9-10,14H,3,7-8H2,1-2H3/p+1/t10-/m0/s1. The molecule has 15 heavy (non-hydrogen) atoms. The largest absolute Gasteiger partial charge is 0.488 e. The van der Waals surface area contributed by atoms with Crippen LogP contribution in [0.25, 0.3) is 0 Å². The van der Waals surface area contributed by atoms with Crippen LogP contribution >= 0.6 is 15.9 Å². The molecule has 0 aliphatic carbocycles. The Kier molecular flexibility index (Phi) is 5.73. The third kappa shape index (κ3) is 5.19. The SMILES string of the molecule is CC[C@H](C)[NH2+]CCOc1cccc(Br)c1. The van der Waals surface area contributed by atoms with Crippen LogP contribution in [0.5, 0.6) is 5.75 Å². The molecule has 1 aromatic carbocycles. The molecular weight excluding hydrogens is 254 g/mol. The molecule has 0 bridgehead atoms. The Hall–Kier alpha value is -0.540.